The molecule has 0 heterocycles. The summed E-state index contributed by atoms with van der Waals surface area (Å²) in [7, 11) is 0. The van der Waals surface area contributed by atoms with E-state index in [2.05, 4.69) is 10.6 Å². The Bertz CT molecular complexity index is 827. The fourth-order valence-corrected chi connectivity index (χ4v) is 1.74. The lowest BCUT2D eigenvalue weighted by molar-refractivity contribution is -0.112. The van der Waals surface area contributed by atoms with Crippen LogP contribution in [-0.2, 0) is 4.79 Å². The van der Waals surface area contributed by atoms with Gasteiger partial charge >= 0.3 is 0 Å². The largest absolute Gasteiger partial charge is 0.508 e. The second-order valence-electron chi connectivity index (χ2n) is 4.47. The molecule has 0 bridgehead atoms. The summed E-state index contributed by atoms with van der Waals surface area (Å²) in [4.78, 5) is 12.1. The second kappa shape index (κ2) is 7.30. The van der Waals surface area contributed by atoms with Gasteiger partial charge in [0.25, 0.3) is 5.91 Å². The lowest BCUT2D eigenvalue weighted by Gasteiger charge is -2.06. The summed E-state index contributed by atoms with van der Waals surface area (Å²) in [5.41, 5.74) is 1.11. The van der Waals surface area contributed by atoms with Crippen LogP contribution in [0.15, 0.2) is 60.3 Å². The number of nitrogens with one attached hydrogen (secondary N) is 2. The lowest BCUT2D eigenvalue weighted by Crippen LogP contribution is -2.15. The minimum absolute atomic E-state index is 0.117. The van der Waals surface area contributed by atoms with Crippen molar-refractivity contribution in [3.63, 3.8) is 0 Å². The molecule has 0 aliphatic heterocycles. The van der Waals surface area contributed by atoms with Crippen molar-refractivity contribution in [1.82, 2.24) is 0 Å². The number of para-hydroxylation sites is 1. The van der Waals surface area contributed by atoms with E-state index in [-0.39, 0.29) is 11.3 Å². The first-order valence-corrected chi connectivity index (χ1v) is 6.60. The number of carbonyl (C=O) groups excluding carboxylic acids is 1. The van der Waals surface area contributed by atoms with Gasteiger partial charge in [0.2, 0.25) is 0 Å². The van der Waals surface area contributed by atoms with Gasteiger partial charge in [0, 0.05) is 11.9 Å². The number of hydrogen-bond acceptors (Lipinski definition) is 5. The van der Waals surface area contributed by atoms with Crippen LogP contribution in [0, 0.1) is 22.7 Å². The van der Waals surface area contributed by atoms with Gasteiger partial charge in [-0.3, -0.25) is 4.79 Å². The predicted molar refractivity (Wildman–Crippen MR) is 85.2 cm³/mol. The highest BCUT2D eigenvalue weighted by Crippen LogP contribution is 2.16. The zero-order valence-electron chi connectivity index (χ0n) is 11.9. The molecule has 0 aromatic heterocycles. The Kier molecular flexibility index (Phi) is 4.96. The van der Waals surface area contributed by atoms with Crippen molar-refractivity contribution in [3.05, 3.63) is 65.9 Å². The molecule has 6 heteroatoms. The third-order valence-corrected chi connectivity index (χ3v) is 2.91. The first-order chi connectivity index (χ1) is 11.1. The molecule has 112 valence electrons. The number of aromatic hydroxyl groups is 1. The van der Waals surface area contributed by atoms with E-state index in [0.29, 0.717) is 16.9 Å². The van der Waals surface area contributed by atoms with Crippen LogP contribution in [0.25, 0.3) is 0 Å². The van der Waals surface area contributed by atoms with Gasteiger partial charge < -0.3 is 15.7 Å². The average Bonchev–Trinajstić information content (AvgIpc) is 2.57. The smallest absolute Gasteiger partial charge is 0.267 e. The van der Waals surface area contributed by atoms with Crippen molar-refractivity contribution >= 4 is 17.3 Å². The predicted octanol–water partition coefficient (Wildman–Crippen LogP) is 2.72. The molecule has 0 saturated heterocycles. The van der Waals surface area contributed by atoms with Crippen LogP contribution in [0.3, 0.4) is 0 Å². The number of anilines is 2. The third-order valence-electron chi connectivity index (χ3n) is 2.91. The van der Waals surface area contributed by atoms with Gasteiger partial charge in [-0.25, -0.2) is 0 Å². The van der Waals surface area contributed by atoms with Gasteiger partial charge in [-0.1, -0.05) is 12.1 Å². The topological polar surface area (TPSA) is 109 Å². The van der Waals surface area contributed by atoms with Gasteiger partial charge in [-0.15, -0.1) is 0 Å². The lowest BCUT2D eigenvalue weighted by atomic mass is 10.2. The van der Waals surface area contributed by atoms with Gasteiger partial charge in [0.05, 0.1) is 11.3 Å². The van der Waals surface area contributed by atoms with E-state index >= 15 is 0 Å². The molecule has 2 rings (SSSR count). The van der Waals surface area contributed by atoms with Crippen LogP contribution in [0.4, 0.5) is 11.4 Å². The summed E-state index contributed by atoms with van der Waals surface area (Å²) < 4.78 is 0. The van der Waals surface area contributed by atoms with Gasteiger partial charge in [0.1, 0.15) is 23.5 Å². The van der Waals surface area contributed by atoms with E-state index in [1.54, 1.807) is 42.5 Å². The van der Waals surface area contributed by atoms with E-state index in [4.69, 9.17) is 10.5 Å². The summed E-state index contributed by atoms with van der Waals surface area (Å²) >= 11 is 0. The fourth-order valence-electron chi connectivity index (χ4n) is 1.74. The number of rotatable bonds is 4. The number of carbonyl (C=O) groups is 1. The van der Waals surface area contributed by atoms with Crippen molar-refractivity contribution in [2.24, 2.45) is 0 Å². The van der Waals surface area contributed by atoms with E-state index in [1.165, 1.54) is 18.3 Å². The molecule has 0 atom stereocenters. The van der Waals surface area contributed by atoms with Crippen LogP contribution in [-0.4, -0.2) is 11.0 Å². The summed E-state index contributed by atoms with van der Waals surface area (Å²) in [6, 6.07) is 16.4. The molecular formula is C17H12N4O2. The van der Waals surface area contributed by atoms with E-state index in [1.807, 2.05) is 6.07 Å². The van der Waals surface area contributed by atoms with Crippen molar-refractivity contribution in [2.75, 3.05) is 10.6 Å². The highest BCUT2D eigenvalue weighted by Gasteiger charge is 2.11. The Labute approximate surface area is 132 Å². The maximum Gasteiger partial charge on any atom is 0.267 e. The molecule has 0 saturated carbocycles. The number of amides is 1. The van der Waals surface area contributed by atoms with E-state index in [9.17, 15) is 9.90 Å². The Balaban J connectivity index is 2.12. The summed E-state index contributed by atoms with van der Waals surface area (Å²) in [5, 5.41) is 32.6. The summed E-state index contributed by atoms with van der Waals surface area (Å²) in [5.74, 6) is -0.507. The molecule has 0 radical (unpaired) electrons. The Morgan fingerprint density at radius 1 is 1.09 bits per heavy atom. The Morgan fingerprint density at radius 3 is 2.43 bits per heavy atom. The maximum absolute atomic E-state index is 12.1. The molecule has 23 heavy (non-hydrogen) atoms. The molecule has 0 unspecified atom stereocenters. The minimum Gasteiger partial charge on any atom is -0.508 e. The summed E-state index contributed by atoms with van der Waals surface area (Å²) in [6.45, 7) is 0. The highest BCUT2D eigenvalue weighted by molar-refractivity contribution is 6.07. The van der Waals surface area contributed by atoms with Crippen LogP contribution >= 0.6 is 0 Å². The molecule has 0 spiro atoms. The quantitative estimate of drug-likeness (QED) is 0.457. The molecule has 0 aliphatic rings. The minimum atomic E-state index is -0.624. The normalized spacial score (nSPS) is 10.3. The van der Waals surface area contributed by atoms with Crippen LogP contribution in [0.2, 0.25) is 0 Å². The molecular weight excluding hydrogens is 292 g/mol. The van der Waals surface area contributed by atoms with Gasteiger partial charge in [-0.05, 0) is 36.4 Å². The van der Waals surface area contributed by atoms with Crippen LogP contribution in [0.5, 0.6) is 5.75 Å². The third kappa shape index (κ3) is 4.10. The standard InChI is InChI=1S/C17H12N4O2/c18-9-12-3-1-2-4-16(12)21-17(23)13(10-19)11-20-14-5-7-15(22)8-6-14/h1-8,11,20,22H,(H,21,23)/b13-11-. The maximum atomic E-state index is 12.1. The second-order valence-corrected chi connectivity index (χ2v) is 4.47. The fraction of sp³-hybridized carbons (Fsp3) is 0. The number of nitriles is 2. The van der Waals surface area contributed by atoms with Gasteiger partial charge in [-0.2, -0.15) is 10.5 Å². The summed E-state index contributed by atoms with van der Waals surface area (Å²) in [6.07, 6.45) is 1.26. The van der Waals surface area contributed by atoms with Crippen LogP contribution < -0.4 is 10.6 Å². The number of phenols is 1. The Morgan fingerprint density at radius 2 is 1.78 bits per heavy atom. The van der Waals surface area contributed by atoms with Crippen molar-refractivity contribution < 1.29 is 9.90 Å². The van der Waals surface area contributed by atoms with E-state index < -0.39 is 5.91 Å². The number of hydrogen-bond donors (Lipinski definition) is 3. The number of benzene rings is 2. The molecule has 3 N–H and O–H groups in total. The van der Waals surface area contributed by atoms with Crippen molar-refractivity contribution in [1.29, 1.82) is 10.5 Å². The van der Waals surface area contributed by atoms with Crippen molar-refractivity contribution in [3.8, 4) is 17.9 Å². The highest BCUT2D eigenvalue weighted by atomic mass is 16.3. The molecule has 0 aliphatic carbocycles. The zero-order chi connectivity index (χ0) is 16.7. The molecule has 6 nitrogen and oxygen atoms in total. The molecule has 2 aromatic carbocycles. The Hall–Kier alpha value is -3.77. The molecule has 2 aromatic rings. The number of nitrogens with zero attached hydrogens (tertiary/aromatic N) is 2. The number of phenolic OH excluding ortho intramolecular Hbond substituents is 1. The molecule has 1 amide bonds. The average molecular weight is 304 g/mol. The van der Waals surface area contributed by atoms with Crippen LogP contribution in [0.1, 0.15) is 5.56 Å². The monoisotopic (exact) mass is 304 g/mol. The van der Waals surface area contributed by atoms with Crippen molar-refractivity contribution in [2.45, 2.75) is 0 Å². The van der Waals surface area contributed by atoms with E-state index in [0.717, 1.165) is 0 Å². The SMILES string of the molecule is N#C/C(=C/Nc1ccc(O)cc1)C(=O)Nc1ccccc1C#N. The first kappa shape index (κ1) is 15.6. The van der Waals surface area contributed by atoms with Gasteiger partial charge in [0.15, 0.2) is 0 Å². The first-order valence-electron chi connectivity index (χ1n) is 6.60. The molecule has 0 fully saturated rings. The zero-order valence-corrected chi connectivity index (χ0v) is 11.9.